The highest BCUT2D eigenvalue weighted by molar-refractivity contribution is 7.80. The number of hydrogen-bond acceptors (Lipinski definition) is 2. The molecule has 2 N–H and O–H groups in total. The predicted octanol–water partition coefficient (Wildman–Crippen LogP) is 3.94. The molecule has 26 heavy (non-hydrogen) atoms. The zero-order valence-electron chi connectivity index (χ0n) is 14.5. The van der Waals surface area contributed by atoms with Crippen LogP contribution in [-0.4, -0.2) is 29.0 Å². The Bertz CT molecular complexity index is 790. The van der Waals surface area contributed by atoms with Gasteiger partial charge in [0.05, 0.1) is 5.69 Å². The number of nitrogens with one attached hydrogen (secondary N) is 2. The molecule has 3 rings (SSSR count). The number of para-hydroxylation sites is 1. The van der Waals surface area contributed by atoms with Crippen molar-refractivity contribution in [3.8, 4) is 0 Å². The van der Waals surface area contributed by atoms with Gasteiger partial charge in [0.25, 0.3) is 5.91 Å². The van der Waals surface area contributed by atoms with Crippen LogP contribution >= 0.6 is 12.2 Å². The Labute approximate surface area is 158 Å². The SMILES string of the molecule is O=C(c1cccc(CNC(=S)Nc2ccccc2F)c1)N1CCCCC1. The van der Waals surface area contributed by atoms with Gasteiger partial charge in [-0.3, -0.25) is 4.79 Å². The van der Waals surface area contributed by atoms with Gasteiger partial charge in [-0.2, -0.15) is 0 Å². The lowest BCUT2D eigenvalue weighted by molar-refractivity contribution is 0.0724. The van der Waals surface area contributed by atoms with Gasteiger partial charge in [0.15, 0.2) is 5.11 Å². The summed E-state index contributed by atoms with van der Waals surface area (Å²) in [6, 6.07) is 13.9. The van der Waals surface area contributed by atoms with Gasteiger partial charge in [-0.1, -0.05) is 24.3 Å². The van der Waals surface area contributed by atoms with E-state index in [4.69, 9.17) is 12.2 Å². The molecule has 1 heterocycles. The van der Waals surface area contributed by atoms with Crippen LogP contribution in [0.2, 0.25) is 0 Å². The summed E-state index contributed by atoms with van der Waals surface area (Å²) in [5.74, 6) is -0.274. The number of carbonyl (C=O) groups is 1. The number of hydrogen-bond donors (Lipinski definition) is 2. The normalized spacial score (nSPS) is 14.0. The fourth-order valence-electron chi connectivity index (χ4n) is 3.01. The molecule has 2 aromatic rings. The minimum absolute atomic E-state index is 0.0820. The van der Waals surface area contributed by atoms with Crippen LogP contribution in [0.5, 0.6) is 0 Å². The van der Waals surface area contributed by atoms with E-state index >= 15 is 0 Å². The summed E-state index contributed by atoms with van der Waals surface area (Å²) in [4.78, 5) is 14.5. The third-order valence-electron chi connectivity index (χ3n) is 4.39. The highest BCUT2D eigenvalue weighted by Gasteiger charge is 2.18. The summed E-state index contributed by atoms with van der Waals surface area (Å²) < 4.78 is 13.6. The molecule has 1 aliphatic rings. The third kappa shape index (κ3) is 4.79. The Morgan fingerprint density at radius 3 is 2.62 bits per heavy atom. The summed E-state index contributed by atoms with van der Waals surface area (Å²) >= 11 is 5.22. The molecule has 0 bridgehead atoms. The van der Waals surface area contributed by atoms with Crippen LogP contribution in [0.3, 0.4) is 0 Å². The average molecular weight is 371 g/mol. The standard InChI is InChI=1S/C20H22FN3OS/c21-17-9-2-3-10-18(17)23-20(26)22-14-15-7-6-8-16(13-15)19(25)24-11-4-1-5-12-24/h2-3,6-10,13H,1,4-5,11-12,14H2,(H2,22,23,26). The van der Waals surface area contributed by atoms with Crippen molar-refractivity contribution in [3.05, 3.63) is 65.5 Å². The number of likely N-dealkylation sites (tertiary alicyclic amines) is 1. The molecule has 0 saturated carbocycles. The zero-order chi connectivity index (χ0) is 18.4. The molecule has 0 aromatic heterocycles. The fourth-order valence-corrected chi connectivity index (χ4v) is 3.19. The van der Waals surface area contributed by atoms with E-state index < -0.39 is 0 Å². The third-order valence-corrected chi connectivity index (χ3v) is 4.64. The Morgan fingerprint density at radius 2 is 1.85 bits per heavy atom. The maximum atomic E-state index is 13.6. The first-order valence-electron chi connectivity index (χ1n) is 8.81. The Kier molecular flexibility index (Phi) is 6.17. The number of carbonyl (C=O) groups excluding carboxylic acids is 1. The monoisotopic (exact) mass is 371 g/mol. The quantitative estimate of drug-likeness (QED) is 0.799. The van der Waals surface area contributed by atoms with E-state index in [0.29, 0.717) is 22.9 Å². The maximum Gasteiger partial charge on any atom is 0.253 e. The van der Waals surface area contributed by atoms with E-state index in [0.717, 1.165) is 31.5 Å². The van der Waals surface area contributed by atoms with Gasteiger partial charge in [-0.15, -0.1) is 0 Å². The van der Waals surface area contributed by atoms with Crippen molar-refractivity contribution in [1.29, 1.82) is 0 Å². The lowest BCUT2D eigenvalue weighted by atomic mass is 10.1. The first-order chi connectivity index (χ1) is 12.6. The summed E-state index contributed by atoms with van der Waals surface area (Å²) in [5, 5.41) is 6.22. The molecule has 1 aliphatic heterocycles. The number of thiocarbonyl (C=S) groups is 1. The maximum absolute atomic E-state index is 13.6. The van der Waals surface area contributed by atoms with E-state index in [2.05, 4.69) is 10.6 Å². The van der Waals surface area contributed by atoms with Crippen LogP contribution in [0.4, 0.5) is 10.1 Å². The van der Waals surface area contributed by atoms with Gasteiger partial charge in [0.1, 0.15) is 5.82 Å². The number of benzene rings is 2. The van der Waals surface area contributed by atoms with E-state index in [-0.39, 0.29) is 11.7 Å². The van der Waals surface area contributed by atoms with Crippen LogP contribution < -0.4 is 10.6 Å². The average Bonchev–Trinajstić information content (AvgIpc) is 2.68. The van der Waals surface area contributed by atoms with Crippen molar-refractivity contribution in [2.75, 3.05) is 18.4 Å². The van der Waals surface area contributed by atoms with E-state index in [9.17, 15) is 9.18 Å². The van der Waals surface area contributed by atoms with Crippen molar-refractivity contribution in [3.63, 3.8) is 0 Å². The van der Waals surface area contributed by atoms with E-state index in [1.165, 1.54) is 12.5 Å². The minimum Gasteiger partial charge on any atom is -0.358 e. The second-order valence-electron chi connectivity index (χ2n) is 6.34. The molecule has 0 atom stereocenters. The summed E-state index contributed by atoms with van der Waals surface area (Å²) in [6.07, 6.45) is 3.34. The van der Waals surface area contributed by atoms with Crippen LogP contribution in [-0.2, 0) is 6.54 Å². The van der Waals surface area contributed by atoms with E-state index in [1.807, 2.05) is 29.2 Å². The molecule has 0 radical (unpaired) electrons. The lowest BCUT2D eigenvalue weighted by Gasteiger charge is -2.26. The second kappa shape index (κ2) is 8.76. The molecule has 136 valence electrons. The first kappa shape index (κ1) is 18.3. The fraction of sp³-hybridized carbons (Fsp3) is 0.300. The van der Waals surface area contributed by atoms with Crippen molar-refractivity contribution in [1.82, 2.24) is 10.2 Å². The van der Waals surface area contributed by atoms with Crippen LogP contribution in [0.1, 0.15) is 35.2 Å². The number of piperidine rings is 1. The smallest absolute Gasteiger partial charge is 0.253 e. The van der Waals surface area contributed by atoms with Crippen molar-refractivity contribution in [2.24, 2.45) is 0 Å². The highest BCUT2D eigenvalue weighted by Crippen LogP contribution is 2.15. The van der Waals surface area contributed by atoms with Crippen LogP contribution in [0.25, 0.3) is 0 Å². The molecular weight excluding hydrogens is 349 g/mol. The topological polar surface area (TPSA) is 44.4 Å². The van der Waals surface area contributed by atoms with Gasteiger partial charge < -0.3 is 15.5 Å². The van der Waals surface area contributed by atoms with Crippen molar-refractivity contribution in [2.45, 2.75) is 25.8 Å². The Hall–Kier alpha value is -2.47. The Balaban J connectivity index is 1.57. The van der Waals surface area contributed by atoms with Gasteiger partial charge in [0, 0.05) is 25.2 Å². The summed E-state index contributed by atoms with van der Waals surface area (Å²) in [6.45, 7) is 2.12. The van der Waals surface area contributed by atoms with Gasteiger partial charge >= 0.3 is 0 Å². The van der Waals surface area contributed by atoms with Gasteiger partial charge in [0.2, 0.25) is 0 Å². The van der Waals surface area contributed by atoms with Crippen molar-refractivity contribution >= 4 is 28.9 Å². The number of anilines is 1. The lowest BCUT2D eigenvalue weighted by Crippen LogP contribution is -2.35. The molecule has 1 saturated heterocycles. The molecule has 6 heteroatoms. The number of nitrogens with zero attached hydrogens (tertiary/aromatic N) is 1. The molecule has 0 aliphatic carbocycles. The zero-order valence-corrected chi connectivity index (χ0v) is 15.3. The number of amides is 1. The minimum atomic E-state index is -0.356. The molecule has 2 aromatic carbocycles. The predicted molar refractivity (Wildman–Crippen MR) is 106 cm³/mol. The van der Waals surface area contributed by atoms with Gasteiger partial charge in [-0.05, 0) is 61.3 Å². The second-order valence-corrected chi connectivity index (χ2v) is 6.75. The molecular formula is C20H22FN3OS. The molecule has 1 fully saturated rings. The molecule has 4 nitrogen and oxygen atoms in total. The van der Waals surface area contributed by atoms with Crippen LogP contribution in [0, 0.1) is 5.82 Å². The number of halogens is 1. The number of rotatable bonds is 4. The van der Waals surface area contributed by atoms with Gasteiger partial charge in [-0.25, -0.2) is 4.39 Å². The largest absolute Gasteiger partial charge is 0.358 e. The molecule has 1 amide bonds. The van der Waals surface area contributed by atoms with Crippen molar-refractivity contribution < 1.29 is 9.18 Å². The summed E-state index contributed by atoms with van der Waals surface area (Å²) in [7, 11) is 0. The van der Waals surface area contributed by atoms with Crippen LogP contribution in [0.15, 0.2) is 48.5 Å². The molecule has 0 spiro atoms. The van der Waals surface area contributed by atoms with E-state index in [1.54, 1.807) is 18.2 Å². The highest BCUT2D eigenvalue weighted by atomic mass is 32.1. The molecule has 0 unspecified atom stereocenters. The summed E-state index contributed by atoms with van der Waals surface area (Å²) in [5.41, 5.74) is 1.98. The first-order valence-corrected chi connectivity index (χ1v) is 9.22. The Morgan fingerprint density at radius 1 is 1.08 bits per heavy atom.